The summed E-state index contributed by atoms with van der Waals surface area (Å²) in [5.41, 5.74) is 7.98. The third-order valence-corrected chi connectivity index (χ3v) is 1.78. The molecule has 0 saturated heterocycles. The molecule has 0 aromatic carbocycles. The Balaban J connectivity index is 3.65. The van der Waals surface area contributed by atoms with E-state index in [4.69, 9.17) is 10.3 Å². The molecule has 0 unspecified atom stereocenters. The molecular weight excluding hydrogens is 156 g/mol. The maximum atomic E-state index is 10.6. The first-order valence-corrected chi connectivity index (χ1v) is 4.08. The molecule has 12 heavy (non-hydrogen) atoms. The summed E-state index contributed by atoms with van der Waals surface area (Å²) in [7, 11) is 0. The highest BCUT2D eigenvalue weighted by atomic mass is 16.5. The molecule has 0 N–H and O–H groups in total. The van der Waals surface area contributed by atoms with Gasteiger partial charge in [0.2, 0.25) is 0 Å². The molecule has 0 aliphatic rings. The van der Waals surface area contributed by atoms with Gasteiger partial charge in [-0.3, -0.25) is 0 Å². The first-order chi connectivity index (χ1) is 5.74. The average molecular weight is 170 g/mol. The fraction of sp³-hybridized carbons (Fsp3) is 0.750. The zero-order valence-electron chi connectivity index (χ0n) is 7.49. The van der Waals surface area contributed by atoms with Crippen molar-refractivity contribution in [3.63, 3.8) is 0 Å². The lowest BCUT2D eigenvalue weighted by Crippen LogP contribution is -2.13. The van der Waals surface area contributed by atoms with Crippen molar-refractivity contribution in [2.45, 2.75) is 26.7 Å². The average Bonchev–Trinajstić information content (AvgIpc) is 2.07. The lowest BCUT2D eigenvalue weighted by molar-refractivity contribution is -0.140. The number of carbonyl (C=O) groups is 1. The van der Waals surface area contributed by atoms with Gasteiger partial charge >= 0.3 is 12.2 Å². The number of rotatable bonds is 5. The van der Waals surface area contributed by atoms with Gasteiger partial charge in [0, 0.05) is 0 Å². The van der Waals surface area contributed by atoms with Gasteiger partial charge in [0.1, 0.15) is 0 Å². The van der Waals surface area contributed by atoms with Crippen LogP contribution >= 0.6 is 0 Å². The van der Waals surface area contributed by atoms with E-state index in [0.29, 0.717) is 12.5 Å². The Morgan fingerprint density at radius 3 is 2.58 bits per heavy atom. The Labute approximate surface area is 72.2 Å². The summed E-state index contributed by atoms with van der Waals surface area (Å²) in [5, 5.41) is 0. The molecule has 0 atom stereocenters. The molecule has 0 heterocycles. The van der Waals surface area contributed by atoms with Crippen molar-refractivity contribution in [3.05, 3.63) is 5.53 Å². The summed E-state index contributed by atoms with van der Waals surface area (Å²) in [6.07, 6.45) is 2.72. The van der Waals surface area contributed by atoms with Crippen LogP contribution in [0.4, 0.5) is 0 Å². The van der Waals surface area contributed by atoms with Crippen molar-refractivity contribution in [2.75, 3.05) is 6.61 Å². The number of hydrogen-bond donors (Lipinski definition) is 0. The second kappa shape index (κ2) is 6.55. The van der Waals surface area contributed by atoms with Crippen LogP contribution in [0.25, 0.3) is 5.53 Å². The number of hydrogen-bond acceptors (Lipinski definition) is 2. The van der Waals surface area contributed by atoms with Gasteiger partial charge in [-0.2, -0.15) is 4.79 Å². The summed E-state index contributed by atoms with van der Waals surface area (Å²) < 4.78 is 4.78. The highest BCUT2D eigenvalue weighted by Crippen LogP contribution is 2.06. The monoisotopic (exact) mass is 170 g/mol. The van der Waals surface area contributed by atoms with E-state index in [1.165, 1.54) is 0 Å². The van der Waals surface area contributed by atoms with Crippen molar-refractivity contribution in [1.29, 1.82) is 0 Å². The normalized spacial score (nSPS) is 9.25. The second-order valence-electron chi connectivity index (χ2n) is 2.56. The van der Waals surface area contributed by atoms with Crippen LogP contribution in [0.3, 0.4) is 0 Å². The van der Waals surface area contributed by atoms with Crippen LogP contribution in [-0.2, 0) is 9.53 Å². The van der Waals surface area contributed by atoms with Gasteiger partial charge in [-0.1, -0.05) is 26.7 Å². The second-order valence-corrected chi connectivity index (χ2v) is 2.56. The van der Waals surface area contributed by atoms with Gasteiger partial charge in [0.05, 0.1) is 6.61 Å². The van der Waals surface area contributed by atoms with Gasteiger partial charge in [-0.25, -0.2) is 4.79 Å². The predicted molar refractivity (Wildman–Crippen MR) is 44.7 cm³/mol. The molecule has 4 nitrogen and oxygen atoms in total. The minimum atomic E-state index is -0.593. The summed E-state index contributed by atoms with van der Waals surface area (Å²) in [5.74, 6) is -0.189. The van der Waals surface area contributed by atoms with Crippen molar-refractivity contribution in [3.8, 4) is 0 Å². The summed E-state index contributed by atoms with van der Waals surface area (Å²) in [4.78, 5) is 13.2. The first-order valence-electron chi connectivity index (χ1n) is 4.08. The van der Waals surface area contributed by atoms with E-state index in [9.17, 15) is 4.79 Å². The van der Waals surface area contributed by atoms with Crippen molar-refractivity contribution in [1.82, 2.24) is 0 Å². The van der Waals surface area contributed by atoms with Gasteiger partial charge in [0.25, 0.3) is 0 Å². The fourth-order valence-corrected chi connectivity index (χ4v) is 0.809. The molecule has 0 aliphatic carbocycles. The molecule has 0 rings (SSSR count). The van der Waals surface area contributed by atoms with E-state index < -0.39 is 5.97 Å². The van der Waals surface area contributed by atoms with Crippen molar-refractivity contribution >= 4 is 12.2 Å². The minimum Gasteiger partial charge on any atom is -0.457 e. The Hall–Kier alpha value is -1.15. The molecular formula is C8H14N2O2. The Kier molecular flexibility index (Phi) is 5.93. The van der Waals surface area contributed by atoms with Gasteiger partial charge in [-0.15, -0.1) is 0 Å². The van der Waals surface area contributed by atoms with Gasteiger partial charge < -0.3 is 10.3 Å². The molecule has 0 aliphatic heterocycles. The van der Waals surface area contributed by atoms with Crippen LogP contribution < -0.4 is 0 Å². The molecule has 0 radical (unpaired) electrons. The highest BCUT2D eigenvalue weighted by Gasteiger charge is 2.08. The number of nitrogens with zero attached hydrogens (tertiary/aromatic N) is 2. The SMILES string of the molecule is CCC(CC)COC(=O)C=[N+]=[N-]. The molecule has 68 valence electrons. The Morgan fingerprint density at radius 2 is 2.17 bits per heavy atom. The van der Waals surface area contributed by atoms with Crippen LogP contribution in [0.1, 0.15) is 26.7 Å². The fourth-order valence-electron chi connectivity index (χ4n) is 0.809. The number of ether oxygens (including phenoxy) is 1. The Bertz CT molecular complexity index is 181. The molecule has 0 bridgehead atoms. The van der Waals surface area contributed by atoms with Crippen LogP contribution in [0, 0.1) is 5.92 Å². The van der Waals surface area contributed by atoms with Gasteiger partial charge in [0.15, 0.2) is 0 Å². The lowest BCUT2D eigenvalue weighted by atomic mass is 10.1. The molecule has 4 heteroatoms. The van der Waals surface area contributed by atoms with Crippen molar-refractivity contribution in [2.24, 2.45) is 5.92 Å². The highest BCUT2D eigenvalue weighted by molar-refractivity contribution is 6.20. The quantitative estimate of drug-likeness (QED) is 0.270. The maximum absolute atomic E-state index is 10.6. The summed E-state index contributed by atoms with van der Waals surface area (Å²) in [6, 6.07) is 0. The third-order valence-electron chi connectivity index (χ3n) is 1.78. The van der Waals surface area contributed by atoms with Crippen LogP contribution in [-0.4, -0.2) is 23.6 Å². The van der Waals surface area contributed by atoms with E-state index in [1.54, 1.807) is 0 Å². The van der Waals surface area contributed by atoms with Gasteiger partial charge in [-0.05, 0) is 5.92 Å². The molecule has 0 amide bonds. The smallest absolute Gasteiger partial charge is 0.413 e. The third kappa shape index (κ3) is 4.63. The van der Waals surface area contributed by atoms with Crippen LogP contribution in [0.5, 0.6) is 0 Å². The van der Waals surface area contributed by atoms with E-state index in [0.717, 1.165) is 19.1 Å². The molecule has 0 spiro atoms. The van der Waals surface area contributed by atoms with Crippen LogP contribution in [0.2, 0.25) is 0 Å². The summed E-state index contributed by atoms with van der Waals surface area (Å²) >= 11 is 0. The van der Waals surface area contributed by atoms with Crippen LogP contribution in [0.15, 0.2) is 0 Å². The molecule has 0 fully saturated rings. The van der Waals surface area contributed by atoms with E-state index >= 15 is 0 Å². The molecule has 0 aromatic rings. The van der Waals surface area contributed by atoms with E-state index in [-0.39, 0.29) is 0 Å². The maximum Gasteiger partial charge on any atom is 0.413 e. The summed E-state index contributed by atoms with van der Waals surface area (Å²) in [6.45, 7) is 4.49. The molecule has 0 saturated carbocycles. The zero-order chi connectivity index (χ0) is 9.40. The topological polar surface area (TPSA) is 62.7 Å². The van der Waals surface area contributed by atoms with E-state index in [2.05, 4.69) is 4.79 Å². The predicted octanol–water partition coefficient (Wildman–Crippen LogP) is 1.27. The Morgan fingerprint density at radius 1 is 1.58 bits per heavy atom. The lowest BCUT2D eigenvalue weighted by Gasteiger charge is -2.09. The first kappa shape index (κ1) is 10.8. The number of esters is 1. The van der Waals surface area contributed by atoms with Crippen molar-refractivity contribution < 1.29 is 14.3 Å². The largest absolute Gasteiger partial charge is 0.457 e. The molecule has 0 aromatic heterocycles. The minimum absolute atomic E-state index is 0.401. The number of carbonyl (C=O) groups excluding carboxylic acids is 1. The standard InChI is InChI=1S/C8H14N2O2/c1-3-7(4-2)6-12-8(11)5-10-9/h5,7H,3-4,6H2,1-2H3. The van der Waals surface area contributed by atoms with E-state index in [1.807, 2.05) is 13.8 Å². The zero-order valence-corrected chi connectivity index (χ0v) is 7.49.